The minimum Gasteiger partial charge on any atom is -0.490 e. The number of aryl methyl sites for hydroxylation is 2. The van der Waals surface area contributed by atoms with Crippen molar-refractivity contribution in [2.45, 2.75) is 32.8 Å². The molecule has 0 radical (unpaired) electrons. The molecule has 0 bridgehead atoms. The number of pyridine rings is 3. The van der Waals surface area contributed by atoms with E-state index in [4.69, 9.17) is 9.72 Å². The van der Waals surface area contributed by atoms with Gasteiger partial charge in [0.15, 0.2) is 17.7 Å². The number of aliphatic hydroxyl groups is 1. The second kappa shape index (κ2) is 10.0. The van der Waals surface area contributed by atoms with E-state index in [0.717, 1.165) is 51.1 Å². The molecule has 10 heteroatoms. The molecule has 9 nitrogen and oxygen atoms in total. The van der Waals surface area contributed by atoms with E-state index >= 15 is 4.39 Å². The van der Waals surface area contributed by atoms with Gasteiger partial charge in [0, 0.05) is 69.9 Å². The first kappa shape index (κ1) is 26.8. The van der Waals surface area contributed by atoms with Crippen LogP contribution < -0.4 is 4.74 Å². The highest BCUT2D eigenvalue weighted by atomic mass is 19.1. The Labute approximate surface area is 245 Å². The number of carboxylic acids is 1. The Balaban J connectivity index is 1.47. The molecular weight excluding hydrogens is 549 g/mol. The summed E-state index contributed by atoms with van der Waals surface area (Å²) in [6.07, 6.45) is 4.87. The molecule has 6 heterocycles. The second-order valence-electron chi connectivity index (χ2n) is 10.9. The number of aromatic amines is 1. The summed E-state index contributed by atoms with van der Waals surface area (Å²) in [5.74, 6) is -1.69. The predicted molar refractivity (Wildman–Crippen MR) is 160 cm³/mol. The Bertz CT molecular complexity index is 2100. The summed E-state index contributed by atoms with van der Waals surface area (Å²) in [4.78, 5) is 29.0. The first-order valence-electron chi connectivity index (χ1n) is 14.0. The van der Waals surface area contributed by atoms with Gasteiger partial charge in [-0.15, -0.1) is 0 Å². The smallest absolute Gasteiger partial charge is 0.337 e. The van der Waals surface area contributed by atoms with Crippen LogP contribution in [0.4, 0.5) is 4.39 Å². The number of fused-ring (bicyclic) bond motifs is 3. The summed E-state index contributed by atoms with van der Waals surface area (Å²) in [7, 11) is 1.88. The van der Waals surface area contributed by atoms with Crippen LogP contribution in [0.2, 0.25) is 0 Å². The number of aromatic nitrogens is 5. The Morgan fingerprint density at radius 2 is 1.98 bits per heavy atom. The van der Waals surface area contributed by atoms with Gasteiger partial charge in [0.05, 0.1) is 18.0 Å². The summed E-state index contributed by atoms with van der Waals surface area (Å²) in [6.45, 7) is 3.99. The van der Waals surface area contributed by atoms with Crippen LogP contribution in [0.3, 0.4) is 0 Å². The van der Waals surface area contributed by atoms with Crippen molar-refractivity contribution >= 4 is 28.0 Å². The molecule has 0 amide bonds. The van der Waals surface area contributed by atoms with Gasteiger partial charge < -0.3 is 24.5 Å². The van der Waals surface area contributed by atoms with E-state index in [1.807, 2.05) is 55.1 Å². The lowest BCUT2D eigenvalue weighted by Gasteiger charge is -2.24. The van der Waals surface area contributed by atoms with Crippen molar-refractivity contribution in [1.29, 1.82) is 0 Å². The highest BCUT2D eigenvalue weighted by molar-refractivity contribution is 6.01. The minimum absolute atomic E-state index is 0.137. The number of ether oxygens (including phenoxy) is 1. The van der Waals surface area contributed by atoms with E-state index < -0.39 is 17.9 Å². The lowest BCUT2D eigenvalue weighted by molar-refractivity contribution is -0.146. The van der Waals surface area contributed by atoms with Gasteiger partial charge in [-0.2, -0.15) is 0 Å². The quantitative estimate of drug-likeness (QED) is 0.228. The maximum absolute atomic E-state index is 15.5. The molecule has 0 saturated carbocycles. The highest BCUT2D eigenvalue weighted by Crippen LogP contribution is 2.44. The van der Waals surface area contributed by atoms with Gasteiger partial charge >= 0.3 is 5.97 Å². The number of halogens is 1. The average molecular weight is 578 g/mol. The molecular formula is C33H28FN5O4. The molecule has 6 aromatic rings. The second-order valence-corrected chi connectivity index (χ2v) is 10.9. The fourth-order valence-electron chi connectivity index (χ4n) is 6.23. The highest BCUT2D eigenvalue weighted by Gasteiger charge is 2.30. The number of carbonyl (C=O) groups is 1. The van der Waals surface area contributed by atoms with Crippen LogP contribution in [0.1, 0.15) is 34.9 Å². The molecule has 1 unspecified atom stereocenters. The van der Waals surface area contributed by atoms with E-state index in [1.165, 1.54) is 6.07 Å². The summed E-state index contributed by atoms with van der Waals surface area (Å²) in [5, 5.41) is 22.3. The lowest BCUT2D eigenvalue weighted by atomic mass is 9.87. The number of hydrogen-bond donors (Lipinski definition) is 3. The summed E-state index contributed by atoms with van der Waals surface area (Å²) in [5.41, 5.74) is 7.58. The Hall–Kier alpha value is -5.09. The number of hydrogen-bond acceptors (Lipinski definition) is 6. The van der Waals surface area contributed by atoms with E-state index in [2.05, 4.69) is 15.0 Å². The van der Waals surface area contributed by atoms with Gasteiger partial charge in [-0.1, -0.05) is 0 Å². The number of nitrogens with one attached hydrogen (secondary N) is 1. The normalized spacial score (nSPS) is 13.7. The Morgan fingerprint density at radius 3 is 2.79 bits per heavy atom. The molecule has 0 fully saturated rings. The van der Waals surface area contributed by atoms with Crippen molar-refractivity contribution in [1.82, 2.24) is 24.5 Å². The zero-order chi connectivity index (χ0) is 30.0. The van der Waals surface area contributed by atoms with E-state index in [0.29, 0.717) is 40.9 Å². The van der Waals surface area contributed by atoms with Crippen molar-refractivity contribution < 1.29 is 24.1 Å². The monoisotopic (exact) mass is 577 g/mol. The lowest BCUT2D eigenvalue weighted by Crippen LogP contribution is -2.16. The Morgan fingerprint density at radius 1 is 1.14 bits per heavy atom. The van der Waals surface area contributed by atoms with Crippen LogP contribution >= 0.6 is 0 Å². The molecule has 7 rings (SSSR count). The van der Waals surface area contributed by atoms with E-state index in [9.17, 15) is 15.0 Å². The maximum atomic E-state index is 15.5. The third-order valence-electron chi connectivity index (χ3n) is 8.37. The summed E-state index contributed by atoms with van der Waals surface area (Å²) >= 11 is 0. The average Bonchev–Trinajstić information content (AvgIpc) is 3.62. The van der Waals surface area contributed by atoms with Gasteiger partial charge in [0.2, 0.25) is 0 Å². The fraction of sp³-hybridized carbons (Fsp3) is 0.212. The summed E-state index contributed by atoms with van der Waals surface area (Å²) in [6, 6.07) is 11.1. The van der Waals surface area contributed by atoms with Crippen molar-refractivity contribution in [3.05, 3.63) is 83.2 Å². The standard InChI is InChI=1S/C33H28FN5O4/c1-16-21-5-4-10-43-30(21)24(34)13-22(16)28-23-14-26(39(3)32(23)38-17(2)27(28)29(40)33(41)42)18-6-8-35-25(12-18)20-11-19-7-9-36-31(19)37-15-20/h6-9,11-15,29,40H,4-5,10H2,1-3H3,(H,36,37)(H,41,42). The third-order valence-corrected chi connectivity index (χ3v) is 8.37. The van der Waals surface area contributed by atoms with Gasteiger partial charge in [-0.25, -0.2) is 19.2 Å². The van der Waals surface area contributed by atoms with Crippen molar-refractivity contribution in [3.63, 3.8) is 0 Å². The molecule has 216 valence electrons. The number of rotatable bonds is 5. The van der Waals surface area contributed by atoms with E-state index in [-0.39, 0.29) is 11.3 Å². The topological polar surface area (TPSA) is 126 Å². The van der Waals surface area contributed by atoms with Crippen LogP contribution in [-0.2, 0) is 18.3 Å². The molecule has 0 saturated heterocycles. The number of nitrogens with zero attached hydrogens (tertiary/aromatic N) is 4. The molecule has 1 aliphatic heterocycles. The van der Waals surface area contributed by atoms with Crippen LogP contribution in [0.15, 0.2) is 55.0 Å². The molecule has 43 heavy (non-hydrogen) atoms. The molecule has 1 atom stereocenters. The molecule has 0 aliphatic carbocycles. The number of H-pyrrole nitrogens is 1. The van der Waals surface area contributed by atoms with Gasteiger partial charge in [0.1, 0.15) is 11.3 Å². The number of aliphatic hydroxyl groups excluding tert-OH is 1. The maximum Gasteiger partial charge on any atom is 0.337 e. The van der Waals surface area contributed by atoms with E-state index in [1.54, 1.807) is 19.3 Å². The number of benzene rings is 1. The Kier molecular flexibility index (Phi) is 6.24. The van der Waals surface area contributed by atoms with Crippen molar-refractivity contribution in [2.75, 3.05) is 6.61 Å². The SMILES string of the molecule is Cc1nc2c(cc(-c3ccnc(-c4cnc5[nH]ccc5c4)c3)n2C)c(-c2cc(F)c3c(c2C)CCCO3)c1C(O)C(=O)O. The largest absolute Gasteiger partial charge is 0.490 e. The molecule has 1 aromatic carbocycles. The van der Waals surface area contributed by atoms with Crippen LogP contribution in [-0.4, -0.2) is 47.3 Å². The molecule has 5 aromatic heterocycles. The van der Waals surface area contributed by atoms with Crippen molar-refractivity contribution in [2.24, 2.45) is 7.05 Å². The van der Waals surface area contributed by atoms with Crippen molar-refractivity contribution in [3.8, 4) is 39.4 Å². The zero-order valence-corrected chi connectivity index (χ0v) is 23.8. The molecule has 3 N–H and O–H groups in total. The fourth-order valence-corrected chi connectivity index (χ4v) is 6.23. The molecule has 1 aliphatic rings. The van der Waals surface area contributed by atoms with Crippen LogP contribution in [0.5, 0.6) is 5.75 Å². The number of aliphatic carboxylic acids is 1. The van der Waals surface area contributed by atoms with Gasteiger partial charge in [-0.3, -0.25) is 4.98 Å². The predicted octanol–water partition coefficient (Wildman–Crippen LogP) is 6.04. The molecule has 0 spiro atoms. The van der Waals surface area contributed by atoms with Gasteiger partial charge in [0.25, 0.3) is 0 Å². The van der Waals surface area contributed by atoms with Crippen LogP contribution in [0.25, 0.3) is 55.7 Å². The first-order chi connectivity index (χ1) is 20.7. The first-order valence-corrected chi connectivity index (χ1v) is 14.0. The number of carboxylic acid groups (broad SMARTS) is 1. The van der Waals surface area contributed by atoms with Gasteiger partial charge in [-0.05, 0) is 74.2 Å². The third kappa shape index (κ3) is 4.25. The zero-order valence-electron chi connectivity index (χ0n) is 23.8. The van der Waals surface area contributed by atoms with Crippen LogP contribution in [0, 0.1) is 19.7 Å². The summed E-state index contributed by atoms with van der Waals surface area (Å²) < 4.78 is 23.1. The minimum atomic E-state index is -1.85.